The highest BCUT2D eigenvalue weighted by Gasteiger charge is 2.15. The first-order valence-electron chi connectivity index (χ1n) is 5.82. The average molecular weight is 230 g/mol. The maximum Gasteiger partial charge on any atom is 0.317 e. The molecule has 5 heteroatoms. The van der Waals surface area contributed by atoms with Crippen molar-refractivity contribution < 1.29 is 4.79 Å². The number of hydrogen-bond acceptors (Lipinski definition) is 3. The average Bonchev–Trinajstić information content (AvgIpc) is 2.21. The highest BCUT2D eigenvalue weighted by Crippen LogP contribution is 1.97. The van der Waals surface area contributed by atoms with E-state index >= 15 is 0 Å². The predicted molar refractivity (Wildman–Crippen MR) is 67.2 cm³/mol. The van der Waals surface area contributed by atoms with Crippen LogP contribution in [0.5, 0.6) is 0 Å². The van der Waals surface area contributed by atoms with Crippen molar-refractivity contribution in [3.8, 4) is 0 Å². The fourth-order valence-corrected chi connectivity index (χ4v) is 1.54. The Bertz CT molecular complexity index is 186. The van der Waals surface area contributed by atoms with Crippen molar-refractivity contribution in [3.63, 3.8) is 0 Å². The van der Waals surface area contributed by atoms with Crippen molar-refractivity contribution in [2.75, 3.05) is 28.2 Å². The van der Waals surface area contributed by atoms with E-state index in [1.165, 1.54) is 0 Å². The third kappa shape index (κ3) is 5.32. The number of carbonyl (C=O) groups excluding carboxylic acids is 1. The number of nitrogens with zero attached hydrogens (tertiary/aromatic N) is 2. The highest BCUT2D eigenvalue weighted by molar-refractivity contribution is 5.74. The van der Waals surface area contributed by atoms with E-state index in [2.05, 4.69) is 10.6 Å². The van der Waals surface area contributed by atoms with Gasteiger partial charge in [0, 0.05) is 0 Å². The second-order valence-corrected chi connectivity index (χ2v) is 4.39. The number of nitrogens with one attached hydrogen (secondary N) is 2. The lowest BCUT2D eigenvalue weighted by atomic mass is 10.3. The Morgan fingerprint density at radius 1 is 0.938 bits per heavy atom. The first-order chi connectivity index (χ1) is 7.42. The molecular weight excluding hydrogens is 204 g/mol. The SMILES string of the molecule is CCC(NC(=O)NC(CC)N(C)C)N(C)C. The van der Waals surface area contributed by atoms with E-state index in [0.29, 0.717) is 0 Å². The maximum atomic E-state index is 11.7. The quantitative estimate of drug-likeness (QED) is 0.666. The summed E-state index contributed by atoms with van der Waals surface area (Å²) in [6.45, 7) is 4.10. The van der Waals surface area contributed by atoms with Gasteiger partial charge in [-0.25, -0.2) is 4.79 Å². The molecule has 2 amide bonds. The van der Waals surface area contributed by atoms with Crippen molar-refractivity contribution >= 4 is 6.03 Å². The molecule has 0 bridgehead atoms. The largest absolute Gasteiger partial charge is 0.323 e. The normalized spacial score (nSPS) is 15.0. The van der Waals surface area contributed by atoms with Gasteiger partial charge in [0.1, 0.15) is 0 Å². The smallest absolute Gasteiger partial charge is 0.317 e. The number of rotatable bonds is 6. The Morgan fingerprint density at radius 2 is 1.25 bits per heavy atom. The Balaban J connectivity index is 4.15. The molecule has 16 heavy (non-hydrogen) atoms. The summed E-state index contributed by atoms with van der Waals surface area (Å²) in [6, 6.07) is -0.110. The van der Waals surface area contributed by atoms with Gasteiger partial charge < -0.3 is 10.6 Å². The summed E-state index contributed by atoms with van der Waals surface area (Å²) < 4.78 is 0. The van der Waals surface area contributed by atoms with Gasteiger partial charge in [0.2, 0.25) is 0 Å². The van der Waals surface area contributed by atoms with Gasteiger partial charge in [-0.2, -0.15) is 0 Å². The number of hydrogen-bond donors (Lipinski definition) is 2. The number of urea groups is 1. The molecule has 0 aromatic rings. The lowest BCUT2D eigenvalue weighted by Crippen LogP contribution is -2.53. The molecule has 0 saturated carbocycles. The lowest BCUT2D eigenvalue weighted by Gasteiger charge is -2.28. The molecule has 5 nitrogen and oxygen atoms in total. The Labute approximate surface area is 99.2 Å². The predicted octanol–water partition coefficient (Wildman–Crippen LogP) is 0.881. The summed E-state index contributed by atoms with van der Waals surface area (Å²) in [5.74, 6) is 0. The number of amides is 2. The first-order valence-corrected chi connectivity index (χ1v) is 5.82. The van der Waals surface area contributed by atoms with Crippen molar-refractivity contribution in [1.29, 1.82) is 0 Å². The topological polar surface area (TPSA) is 47.6 Å². The Kier molecular flexibility index (Phi) is 7.08. The minimum absolute atomic E-state index is 0.0830. The molecule has 0 heterocycles. The van der Waals surface area contributed by atoms with Gasteiger partial charge in [0.15, 0.2) is 0 Å². The van der Waals surface area contributed by atoms with Crippen molar-refractivity contribution in [1.82, 2.24) is 20.4 Å². The molecule has 2 atom stereocenters. The van der Waals surface area contributed by atoms with Crippen LogP contribution < -0.4 is 10.6 Å². The van der Waals surface area contributed by atoms with E-state index in [1.54, 1.807) is 0 Å². The minimum atomic E-state index is -0.110. The van der Waals surface area contributed by atoms with Gasteiger partial charge in [0.05, 0.1) is 12.3 Å². The monoisotopic (exact) mass is 230 g/mol. The molecule has 2 unspecified atom stereocenters. The summed E-state index contributed by atoms with van der Waals surface area (Å²) in [6.07, 6.45) is 1.94. The van der Waals surface area contributed by atoms with Crippen LogP contribution in [0.3, 0.4) is 0 Å². The zero-order valence-electron chi connectivity index (χ0n) is 11.4. The summed E-state index contributed by atoms with van der Waals surface area (Å²) in [5.41, 5.74) is 0. The summed E-state index contributed by atoms with van der Waals surface area (Å²) in [5, 5.41) is 5.87. The van der Waals surface area contributed by atoms with Gasteiger partial charge in [-0.1, -0.05) is 13.8 Å². The van der Waals surface area contributed by atoms with Crippen molar-refractivity contribution in [2.45, 2.75) is 39.0 Å². The van der Waals surface area contributed by atoms with Crippen LogP contribution in [0.25, 0.3) is 0 Å². The van der Waals surface area contributed by atoms with E-state index in [4.69, 9.17) is 0 Å². The van der Waals surface area contributed by atoms with Gasteiger partial charge in [-0.05, 0) is 41.0 Å². The molecule has 0 aliphatic heterocycles. The second kappa shape index (κ2) is 7.46. The molecule has 0 aromatic heterocycles. The maximum absolute atomic E-state index is 11.7. The molecule has 0 saturated heterocycles. The van der Waals surface area contributed by atoms with Gasteiger partial charge >= 0.3 is 6.03 Å². The standard InChI is InChI=1S/C11H26N4O/c1-7-9(14(3)4)12-11(16)13-10(8-2)15(5)6/h9-10H,7-8H2,1-6H3,(H2,12,13,16). The molecule has 0 aliphatic rings. The Morgan fingerprint density at radius 3 is 1.44 bits per heavy atom. The fourth-order valence-electron chi connectivity index (χ4n) is 1.54. The zero-order chi connectivity index (χ0) is 12.7. The third-order valence-corrected chi connectivity index (χ3v) is 2.62. The van der Waals surface area contributed by atoms with Crippen LogP contribution in [0.15, 0.2) is 0 Å². The summed E-state index contributed by atoms with van der Waals surface area (Å²) >= 11 is 0. The van der Waals surface area contributed by atoms with Crippen LogP contribution in [0.1, 0.15) is 26.7 Å². The molecule has 0 spiro atoms. The van der Waals surface area contributed by atoms with Crippen LogP contribution in [0, 0.1) is 0 Å². The van der Waals surface area contributed by atoms with E-state index in [0.717, 1.165) is 12.8 Å². The number of carbonyl (C=O) groups is 1. The minimum Gasteiger partial charge on any atom is -0.323 e. The van der Waals surface area contributed by atoms with Crippen LogP contribution in [-0.2, 0) is 0 Å². The molecule has 96 valence electrons. The van der Waals surface area contributed by atoms with E-state index < -0.39 is 0 Å². The van der Waals surface area contributed by atoms with Crippen LogP contribution >= 0.6 is 0 Å². The molecule has 0 aliphatic carbocycles. The fraction of sp³-hybridized carbons (Fsp3) is 0.909. The summed E-state index contributed by atoms with van der Waals surface area (Å²) in [7, 11) is 7.82. The molecule has 0 radical (unpaired) electrons. The van der Waals surface area contributed by atoms with Gasteiger partial charge in [-0.3, -0.25) is 9.80 Å². The molecule has 0 fully saturated rings. The summed E-state index contributed by atoms with van der Waals surface area (Å²) in [4.78, 5) is 15.7. The van der Waals surface area contributed by atoms with Crippen molar-refractivity contribution in [3.05, 3.63) is 0 Å². The second-order valence-electron chi connectivity index (χ2n) is 4.39. The first kappa shape index (κ1) is 15.2. The van der Waals surface area contributed by atoms with Crippen LogP contribution in [0.2, 0.25) is 0 Å². The molecule has 2 N–H and O–H groups in total. The van der Waals surface area contributed by atoms with Crippen LogP contribution in [0.4, 0.5) is 4.79 Å². The molecule has 0 rings (SSSR count). The van der Waals surface area contributed by atoms with Gasteiger partial charge in [0.25, 0.3) is 0 Å². The Hall–Kier alpha value is -0.810. The van der Waals surface area contributed by atoms with Crippen LogP contribution in [-0.4, -0.2) is 56.4 Å². The highest BCUT2D eigenvalue weighted by atomic mass is 16.2. The zero-order valence-corrected chi connectivity index (χ0v) is 11.4. The third-order valence-electron chi connectivity index (χ3n) is 2.62. The van der Waals surface area contributed by atoms with E-state index in [-0.39, 0.29) is 18.4 Å². The van der Waals surface area contributed by atoms with Gasteiger partial charge in [-0.15, -0.1) is 0 Å². The van der Waals surface area contributed by atoms with E-state index in [1.807, 2.05) is 51.8 Å². The lowest BCUT2D eigenvalue weighted by molar-refractivity contribution is 0.186. The molecule has 0 aromatic carbocycles. The van der Waals surface area contributed by atoms with E-state index in [9.17, 15) is 4.79 Å². The molecular formula is C11H26N4O. The van der Waals surface area contributed by atoms with Crippen molar-refractivity contribution in [2.24, 2.45) is 0 Å².